The van der Waals surface area contributed by atoms with Gasteiger partial charge in [0.2, 0.25) is 0 Å². The smallest absolute Gasteiger partial charge is 0.0933 e. The summed E-state index contributed by atoms with van der Waals surface area (Å²) in [5.41, 5.74) is -0.563. The second-order valence-electron chi connectivity index (χ2n) is 9.77. The highest BCUT2D eigenvalue weighted by Gasteiger charge is 2.64. The highest BCUT2D eigenvalue weighted by Crippen LogP contribution is 2.68. The van der Waals surface area contributed by atoms with Crippen LogP contribution in [-0.4, -0.2) is 33.6 Å². The van der Waals surface area contributed by atoms with Gasteiger partial charge in [0.25, 0.3) is 0 Å². The third kappa shape index (κ3) is 2.05. The average molecular weight is 322 g/mol. The molecule has 0 bridgehead atoms. The summed E-state index contributed by atoms with van der Waals surface area (Å²) in [6.07, 6.45) is 9.69. The molecule has 4 aliphatic carbocycles. The Morgan fingerprint density at radius 3 is 2.39 bits per heavy atom. The quantitative estimate of drug-likeness (QED) is 0.695. The number of aliphatic hydroxyl groups is 3. The molecule has 0 aromatic carbocycles. The summed E-state index contributed by atoms with van der Waals surface area (Å²) in [6, 6.07) is 0. The van der Waals surface area contributed by atoms with Crippen molar-refractivity contribution in [3.63, 3.8) is 0 Å². The van der Waals surface area contributed by atoms with Crippen molar-refractivity contribution in [3.05, 3.63) is 0 Å². The van der Waals surface area contributed by atoms with Crippen molar-refractivity contribution in [1.82, 2.24) is 0 Å². The van der Waals surface area contributed by atoms with E-state index in [-0.39, 0.29) is 18.1 Å². The summed E-state index contributed by atoms with van der Waals surface area (Å²) in [7, 11) is 0. The van der Waals surface area contributed by atoms with Gasteiger partial charge >= 0.3 is 0 Å². The highest BCUT2D eigenvalue weighted by atomic mass is 16.3. The first kappa shape index (κ1) is 16.4. The second-order valence-corrected chi connectivity index (χ2v) is 9.77. The lowest BCUT2D eigenvalue weighted by molar-refractivity contribution is -0.168. The minimum absolute atomic E-state index is 0.0792. The predicted octanol–water partition coefficient (Wildman–Crippen LogP) is 3.11. The largest absolute Gasteiger partial charge is 0.393 e. The summed E-state index contributed by atoms with van der Waals surface area (Å²) in [6.45, 7) is 4.66. The number of hydrogen-bond donors (Lipinski definition) is 3. The fraction of sp³-hybridized carbons (Fsp3) is 1.00. The number of rotatable bonds is 1. The monoisotopic (exact) mass is 322 g/mol. The molecule has 0 spiro atoms. The standard InChI is InChI=1S/C20H34O3/c1-18-8-5-14(22)11-13(18)3-4-15-16(18)6-9-19(2)17(15)7-10-20(19,23)12-21/h13-17,21-23H,3-12H2,1-2H3/t13-,14-,15-,16+,17+,18+,19+,20+/m1/s1. The van der Waals surface area contributed by atoms with Gasteiger partial charge in [-0.1, -0.05) is 13.8 Å². The Bertz CT molecular complexity index is 480. The molecule has 23 heavy (non-hydrogen) atoms. The maximum atomic E-state index is 11.0. The summed E-state index contributed by atoms with van der Waals surface area (Å²) in [5, 5.41) is 30.9. The molecule has 3 heteroatoms. The zero-order valence-electron chi connectivity index (χ0n) is 14.8. The van der Waals surface area contributed by atoms with Gasteiger partial charge in [0, 0.05) is 5.41 Å². The lowest BCUT2D eigenvalue weighted by Gasteiger charge is -2.61. The SMILES string of the molecule is C[C@]12CC[C@@H](O)C[C@H]1CC[C@@H]1[C@@H]2CC[C@@]2(C)[C@H]1CC[C@]2(O)CO. The Hall–Kier alpha value is -0.120. The van der Waals surface area contributed by atoms with Gasteiger partial charge in [-0.2, -0.15) is 0 Å². The first-order valence-electron chi connectivity index (χ1n) is 9.85. The van der Waals surface area contributed by atoms with E-state index in [1.807, 2.05) is 0 Å². The number of hydrogen-bond acceptors (Lipinski definition) is 3. The molecule has 4 fully saturated rings. The molecule has 3 N–H and O–H groups in total. The Balaban J connectivity index is 1.63. The molecule has 4 rings (SSSR count). The number of fused-ring (bicyclic) bond motifs is 5. The van der Waals surface area contributed by atoms with Crippen LogP contribution in [-0.2, 0) is 0 Å². The minimum Gasteiger partial charge on any atom is -0.393 e. The van der Waals surface area contributed by atoms with Gasteiger partial charge in [-0.25, -0.2) is 0 Å². The maximum absolute atomic E-state index is 11.0. The summed E-state index contributed by atoms with van der Waals surface area (Å²) in [5.74, 6) is 2.73. The number of aliphatic hydroxyl groups excluding tert-OH is 2. The summed E-state index contributed by atoms with van der Waals surface area (Å²) >= 11 is 0. The van der Waals surface area contributed by atoms with Crippen LogP contribution >= 0.6 is 0 Å². The van der Waals surface area contributed by atoms with Crippen LogP contribution in [0, 0.1) is 34.5 Å². The minimum atomic E-state index is -0.858. The molecule has 0 radical (unpaired) electrons. The van der Waals surface area contributed by atoms with Crippen LogP contribution in [0.5, 0.6) is 0 Å². The van der Waals surface area contributed by atoms with E-state index >= 15 is 0 Å². The van der Waals surface area contributed by atoms with Crippen LogP contribution in [0.25, 0.3) is 0 Å². The average Bonchev–Trinajstić information content (AvgIpc) is 2.80. The van der Waals surface area contributed by atoms with Crippen LogP contribution in [0.3, 0.4) is 0 Å². The van der Waals surface area contributed by atoms with Gasteiger partial charge in [-0.15, -0.1) is 0 Å². The molecule has 0 aliphatic heterocycles. The molecule has 0 aromatic heterocycles. The zero-order valence-corrected chi connectivity index (χ0v) is 14.8. The zero-order chi connectivity index (χ0) is 16.5. The lowest BCUT2D eigenvalue weighted by Crippen LogP contribution is -2.57. The molecule has 0 amide bonds. The Labute approximate surface area is 140 Å². The second kappa shape index (κ2) is 5.19. The van der Waals surface area contributed by atoms with E-state index in [1.54, 1.807) is 0 Å². The molecule has 0 saturated heterocycles. The molecule has 0 unspecified atom stereocenters. The van der Waals surface area contributed by atoms with Crippen LogP contribution < -0.4 is 0 Å². The van der Waals surface area contributed by atoms with Gasteiger partial charge in [0.15, 0.2) is 0 Å². The normalized spacial score (nSPS) is 59.1. The maximum Gasteiger partial charge on any atom is 0.0933 e. The van der Waals surface area contributed by atoms with E-state index in [2.05, 4.69) is 13.8 Å². The van der Waals surface area contributed by atoms with Gasteiger partial charge in [0.05, 0.1) is 18.3 Å². The highest BCUT2D eigenvalue weighted by molar-refractivity contribution is 5.13. The van der Waals surface area contributed by atoms with Crippen LogP contribution in [0.4, 0.5) is 0 Å². The fourth-order valence-corrected chi connectivity index (χ4v) is 7.61. The van der Waals surface area contributed by atoms with Gasteiger partial charge in [-0.3, -0.25) is 0 Å². The van der Waals surface area contributed by atoms with E-state index in [0.29, 0.717) is 23.2 Å². The lowest BCUT2D eigenvalue weighted by atomic mass is 9.44. The van der Waals surface area contributed by atoms with Crippen LogP contribution in [0.1, 0.15) is 71.6 Å². The first-order valence-corrected chi connectivity index (χ1v) is 9.85. The third-order valence-corrected chi connectivity index (χ3v) is 9.22. The molecule has 4 saturated carbocycles. The van der Waals surface area contributed by atoms with E-state index in [4.69, 9.17) is 0 Å². The van der Waals surface area contributed by atoms with Crippen LogP contribution in [0.15, 0.2) is 0 Å². The third-order valence-electron chi connectivity index (χ3n) is 9.22. The van der Waals surface area contributed by atoms with Crippen molar-refractivity contribution in [2.24, 2.45) is 34.5 Å². The van der Waals surface area contributed by atoms with Crippen molar-refractivity contribution < 1.29 is 15.3 Å². The Morgan fingerprint density at radius 2 is 1.65 bits per heavy atom. The van der Waals surface area contributed by atoms with Crippen molar-refractivity contribution in [2.45, 2.75) is 83.3 Å². The van der Waals surface area contributed by atoms with Gasteiger partial charge < -0.3 is 15.3 Å². The summed E-state index contributed by atoms with van der Waals surface area (Å²) < 4.78 is 0. The molecule has 132 valence electrons. The molecular formula is C20H34O3. The van der Waals surface area contributed by atoms with Gasteiger partial charge in [0.1, 0.15) is 0 Å². The van der Waals surface area contributed by atoms with Crippen molar-refractivity contribution >= 4 is 0 Å². The topological polar surface area (TPSA) is 60.7 Å². The molecule has 4 aliphatic rings. The van der Waals surface area contributed by atoms with E-state index < -0.39 is 5.60 Å². The summed E-state index contributed by atoms with van der Waals surface area (Å²) in [4.78, 5) is 0. The predicted molar refractivity (Wildman–Crippen MR) is 89.8 cm³/mol. The van der Waals surface area contributed by atoms with E-state index in [9.17, 15) is 15.3 Å². The molecule has 0 heterocycles. The Morgan fingerprint density at radius 1 is 0.913 bits per heavy atom. The molecule has 0 aromatic rings. The van der Waals surface area contributed by atoms with E-state index in [1.165, 1.54) is 25.7 Å². The van der Waals surface area contributed by atoms with Crippen LogP contribution in [0.2, 0.25) is 0 Å². The Kier molecular flexibility index (Phi) is 3.69. The van der Waals surface area contributed by atoms with Crippen molar-refractivity contribution in [1.29, 1.82) is 0 Å². The van der Waals surface area contributed by atoms with Crippen molar-refractivity contribution in [2.75, 3.05) is 6.61 Å². The fourth-order valence-electron chi connectivity index (χ4n) is 7.61. The van der Waals surface area contributed by atoms with E-state index in [0.717, 1.165) is 38.0 Å². The molecule has 3 nitrogen and oxygen atoms in total. The van der Waals surface area contributed by atoms with Crippen molar-refractivity contribution in [3.8, 4) is 0 Å². The van der Waals surface area contributed by atoms with Gasteiger partial charge in [-0.05, 0) is 86.9 Å². The molecular weight excluding hydrogens is 288 g/mol. The first-order chi connectivity index (χ1) is 10.8. The molecule has 8 atom stereocenters.